The summed E-state index contributed by atoms with van der Waals surface area (Å²) in [6.07, 6.45) is 0. The second-order valence-corrected chi connectivity index (χ2v) is 5.47. The average Bonchev–Trinajstić information content (AvgIpc) is 2.76. The Morgan fingerprint density at radius 3 is 2.74 bits per heavy atom. The Balaban J connectivity index is 0.00000180. The van der Waals surface area contributed by atoms with Crippen molar-refractivity contribution < 1.29 is 9.59 Å². The number of piperazine rings is 1. The average molecular weight is 309 g/mol. The second kappa shape index (κ2) is 8.63. The highest BCUT2D eigenvalue weighted by Crippen LogP contribution is 2.13. The van der Waals surface area contributed by atoms with E-state index in [1.165, 1.54) is 0 Å². The third-order valence-corrected chi connectivity index (χ3v) is 4.06. The number of rotatable bonds is 5. The molecule has 2 N–H and O–H groups in total. The maximum atomic E-state index is 11.6. The van der Waals surface area contributed by atoms with Gasteiger partial charge in [-0.15, -0.1) is 24.2 Å². The highest BCUT2D eigenvalue weighted by molar-refractivity contribution is 8.00. The van der Waals surface area contributed by atoms with E-state index < -0.39 is 0 Å². The lowest BCUT2D eigenvalue weighted by molar-refractivity contribution is -0.132. The number of nitrogens with one attached hydrogen (secondary N) is 2. The highest BCUT2D eigenvalue weighted by Gasteiger charge is 2.22. The van der Waals surface area contributed by atoms with Crippen LogP contribution in [0.5, 0.6) is 0 Å². The van der Waals surface area contributed by atoms with Gasteiger partial charge in [0.2, 0.25) is 11.8 Å². The molecule has 0 aliphatic carbocycles. The molecule has 0 saturated carbocycles. The van der Waals surface area contributed by atoms with Gasteiger partial charge in [0.1, 0.15) is 6.54 Å². The van der Waals surface area contributed by atoms with Crippen LogP contribution < -0.4 is 10.6 Å². The molecule has 2 saturated heterocycles. The fraction of sp³-hybridized carbons (Fsp3) is 0.818. The van der Waals surface area contributed by atoms with Crippen LogP contribution in [0, 0.1) is 0 Å². The van der Waals surface area contributed by atoms with Gasteiger partial charge in [-0.1, -0.05) is 0 Å². The summed E-state index contributed by atoms with van der Waals surface area (Å²) in [5.74, 6) is 1.16. The number of amides is 2. The molecule has 2 aliphatic rings. The minimum Gasteiger partial charge on any atom is -0.353 e. The van der Waals surface area contributed by atoms with E-state index in [4.69, 9.17) is 0 Å². The molecule has 0 bridgehead atoms. The first kappa shape index (κ1) is 16.6. The van der Waals surface area contributed by atoms with Gasteiger partial charge in [0, 0.05) is 39.3 Å². The summed E-state index contributed by atoms with van der Waals surface area (Å²) in [6.45, 7) is 5.87. The number of nitrogens with zero attached hydrogens (tertiary/aromatic N) is 2. The summed E-state index contributed by atoms with van der Waals surface area (Å²) < 4.78 is 0. The zero-order chi connectivity index (χ0) is 12.8. The van der Waals surface area contributed by atoms with Crippen LogP contribution in [0.25, 0.3) is 0 Å². The first-order chi connectivity index (χ1) is 8.75. The molecule has 110 valence electrons. The Bertz CT molecular complexity index is 313. The molecule has 8 heteroatoms. The zero-order valence-corrected chi connectivity index (χ0v) is 12.5. The van der Waals surface area contributed by atoms with Gasteiger partial charge in [0.25, 0.3) is 0 Å². The zero-order valence-electron chi connectivity index (χ0n) is 10.9. The lowest BCUT2D eigenvalue weighted by Gasteiger charge is -2.27. The van der Waals surface area contributed by atoms with E-state index in [0.717, 1.165) is 32.7 Å². The molecule has 2 aliphatic heterocycles. The van der Waals surface area contributed by atoms with Gasteiger partial charge in [-0.25, -0.2) is 0 Å². The molecule has 0 aromatic carbocycles. The molecular formula is C11H21ClN4O2S. The fourth-order valence-electron chi connectivity index (χ4n) is 2.06. The monoisotopic (exact) mass is 308 g/mol. The van der Waals surface area contributed by atoms with E-state index in [2.05, 4.69) is 15.5 Å². The van der Waals surface area contributed by atoms with Crippen molar-refractivity contribution in [1.82, 2.24) is 20.4 Å². The Labute approximate surface area is 124 Å². The Hall–Kier alpha value is -0.500. The number of hydrogen-bond donors (Lipinski definition) is 2. The molecule has 2 amide bonds. The van der Waals surface area contributed by atoms with Crippen LogP contribution in [-0.2, 0) is 9.59 Å². The SMILES string of the molecule is Cl.O=C(CN1CSCC1=O)NCCN1CCNCC1. The van der Waals surface area contributed by atoms with E-state index in [1.807, 2.05) is 0 Å². The van der Waals surface area contributed by atoms with Crippen LogP contribution in [0.4, 0.5) is 0 Å². The number of halogens is 1. The largest absolute Gasteiger partial charge is 0.353 e. The third-order valence-electron chi connectivity index (χ3n) is 3.12. The molecule has 0 spiro atoms. The molecule has 0 aromatic rings. The van der Waals surface area contributed by atoms with Crippen LogP contribution >= 0.6 is 24.2 Å². The molecule has 0 unspecified atom stereocenters. The van der Waals surface area contributed by atoms with Crippen molar-refractivity contribution in [3.8, 4) is 0 Å². The number of thioether (sulfide) groups is 1. The van der Waals surface area contributed by atoms with Gasteiger partial charge in [-0.2, -0.15) is 0 Å². The third kappa shape index (κ3) is 5.56. The number of hydrogen-bond acceptors (Lipinski definition) is 5. The van der Waals surface area contributed by atoms with Gasteiger partial charge < -0.3 is 15.5 Å². The summed E-state index contributed by atoms with van der Waals surface area (Å²) in [5, 5.41) is 6.16. The molecule has 0 atom stereocenters. The number of carbonyl (C=O) groups excluding carboxylic acids is 2. The van der Waals surface area contributed by atoms with E-state index >= 15 is 0 Å². The standard InChI is InChI=1S/C11H20N4O2S.ClH/c16-10(7-15-9-18-8-11(15)17)13-3-6-14-4-1-12-2-5-14;/h12H,1-9H2,(H,13,16);1H. The van der Waals surface area contributed by atoms with Crippen LogP contribution in [-0.4, -0.2) is 79.1 Å². The van der Waals surface area contributed by atoms with Crippen molar-refractivity contribution in [3.05, 3.63) is 0 Å². The van der Waals surface area contributed by atoms with Crippen LogP contribution in [0.3, 0.4) is 0 Å². The molecule has 19 heavy (non-hydrogen) atoms. The lowest BCUT2D eigenvalue weighted by Crippen LogP contribution is -2.47. The Kier molecular flexibility index (Phi) is 7.52. The smallest absolute Gasteiger partial charge is 0.239 e. The topological polar surface area (TPSA) is 64.7 Å². The fourth-order valence-corrected chi connectivity index (χ4v) is 2.96. The van der Waals surface area contributed by atoms with Gasteiger partial charge >= 0.3 is 0 Å². The predicted molar refractivity (Wildman–Crippen MR) is 78.6 cm³/mol. The maximum absolute atomic E-state index is 11.6. The van der Waals surface area contributed by atoms with Gasteiger partial charge in [0.15, 0.2) is 0 Å². The molecule has 6 nitrogen and oxygen atoms in total. The molecule has 0 radical (unpaired) electrons. The van der Waals surface area contributed by atoms with E-state index in [9.17, 15) is 9.59 Å². The van der Waals surface area contributed by atoms with Crippen molar-refractivity contribution in [2.75, 3.05) is 57.4 Å². The molecule has 2 fully saturated rings. The van der Waals surface area contributed by atoms with Crippen molar-refractivity contribution in [2.24, 2.45) is 0 Å². The van der Waals surface area contributed by atoms with E-state index in [0.29, 0.717) is 18.2 Å². The molecule has 2 rings (SSSR count). The van der Waals surface area contributed by atoms with Crippen LogP contribution in [0.15, 0.2) is 0 Å². The van der Waals surface area contributed by atoms with Gasteiger partial charge in [0.05, 0.1) is 11.6 Å². The van der Waals surface area contributed by atoms with E-state index in [1.54, 1.807) is 16.7 Å². The van der Waals surface area contributed by atoms with Crippen molar-refractivity contribution in [2.45, 2.75) is 0 Å². The first-order valence-electron chi connectivity index (χ1n) is 6.31. The molecule has 0 aromatic heterocycles. The summed E-state index contributed by atoms with van der Waals surface area (Å²) in [4.78, 5) is 26.9. The van der Waals surface area contributed by atoms with Crippen molar-refractivity contribution >= 4 is 36.0 Å². The summed E-state index contributed by atoms with van der Waals surface area (Å²) in [7, 11) is 0. The quantitative estimate of drug-likeness (QED) is 0.679. The Morgan fingerprint density at radius 1 is 1.37 bits per heavy atom. The lowest BCUT2D eigenvalue weighted by atomic mass is 10.3. The normalized spacial score (nSPS) is 20.2. The predicted octanol–water partition coefficient (Wildman–Crippen LogP) is -1.04. The van der Waals surface area contributed by atoms with Crippen molar-refractivity contribution in [1.29, 1.82) is 0 Å². The second-order valence-electron chi connectivity index (χ2n) is 4.51. The van der Waals surface area contributed by atoms with E-state index in [-0.39, 0.29) is 30.8 Å². The number of carbonyl (C=O) groups is 2. The maximum Gasteiger partial charge on any atom is 0.239 e. The molecular weight excluding hydrogens is 288 g/mol. The van der Waals surface area contributed by atoms with Crippen LogP contribution in [0.1, 0.15) is 0 Å². The minimum absolute atomic E-state index is 0. The molecule has 2 heterocycles. The highest BCUT2D eigenvalue weighted by atomic mass is 35.5. The van der Waals surface area contributed by atoms with Gasteiger partial charge in [-0.05, 0) is 0 Å². The minimum atomic E-state index is -0.0546. The Morgan fingerprint density at radius 2 is 2.11 bits per heavy atom. The summed E-state index contributed by atoms with van der Waals surface area (Å²) >= 11 is 1.56. The summed E-state index contributed by atoms with van der Waals surface area (Å²) in [5.41, 5.74) is 0. The van der Waals surface area contributed by atoms with Gasteiger partial charge in [-0.3, -0.25) is 14.5 Å². The summed E-state index contributed by atoms with van der Waals surface area (Å²) in [6, 6.07) is 0. The van der Waals surface area contributed by atoms with Crippen LogP contribution in [0.2, 0.25) is 0 Å². The van der Waals surface area contributed by atoms with Crippen molar-refractivity contribution in [3.63, 3.8) is 0 Å². The first-order valence-corrected chi connectivity index (χ1v) is 7.46.